The second-order valence-electron chi connectivity index (χ2n) is 5.19. The standard InChI is InChI=1S/C13H20N4OS/c1-5-6-10-7-11(18)17-12(14-10)19-13(15-17)16(4)8-9(2)3/h7,9H,5-6,8H2,1-4H3. The average Bonchev–Trinajstić information content (AvgIpc) is 2.73. The summed E-state index contributed by atoms with van der Waals surface area (Å²) >= 11 is 1.47. The summed E-state index contributed by atoms with van der Waals surface area (Å²) in [5, 5.41) is 5.19. The molecule has 0 aliphatic carbocycles. The van der Waals surface area contributed by atoms with Crippen LogP contribution in [-0.2, 0) is 6.42 Å². The molecule has 0 saturated heterocycles. The van der Waals surface area contributed by atoms with E-state index >= 15 is 0 Å². The maximum Gasteiger partial charge on any atom is 0.275 e. The lowest BCUT2D eigenvalue weighted by Crippen LogP contribution is -2.23. The minimum atomic E-state index is -0.0890. The van der Waals surface area contributed by atoms with Gasteiger partial charge in [-0.2, -0.15) is 4.52 Å². The van der Waals surface area contributed by atoms with Crippen LogP contribution < -0.4 is 10.5 Å². The zero-order chi connectivity index (χ0) is 14.0. The van der Waals surface area contributed by atoms with Crippen LogP contribution in [0.4, 0.5) is 5.13 Å². The maximum atomic E-state index is 12.0. The smallest absolute Gasteiger partial charge is 0.275 e. The highest BCUT2D eigenvalue weighted by atomic mass is 32.1. The Morgan fingerprint density at radius 1 is 1.47 bits per heavy atom. The van der Waals surface area contributed by atoms with E-state index in [1.54, 1.807) is 6.07 Å². The van der Waals surface area contributed by atoms with Gasteiger partial charge in [-0.1, -0.05) is 38.5 Å². The van der Waals surface area contributed by atoms with Crippen molar-refractivity contribution in [2.45, 2.75) is 33.6 Å². The van der Waals surface area contributed by atoms with E-state index in [1.807, 2.05) is 7.05 Å². The predicted octanol–water partition coefficient (Wildman–Crippen LogP) is 2.20. The maximum absolute atomic E-state index is 12.0. The van der Waals surface area contributed by atoms with Crippen LogP contribution in [0.2, 0.25) is 0 Å². The third-order valence-corrected chi connectivity index (χ3v) is 3.78. The van der Waals surface area contributed by atoms with Crippen LogP contribution in [0.5, 0.6) is 0 Å². The molecule has 0 bridgehead atoms. The summed E-state index contributed by atoms with van der Waals surface area (Å²) in [5.41, 5.74) is 0.767. The summed E-state index contributed by atoms with van der Waals surface area (Å²) in [6.45, 7) is 7.32. The summed E-state index contributed by atoms with van der Waals surface area (Å²) in [4.78, 5) is 19.2. The Bertz CT molecular complexity index is 617. The van der Waals surface area contributed by atoms with Crippen LogP contribution in [-0.4, -0.2) is 28.2 Å². The number of anilines is 1. The van der Waals surface area contributed by atoms with E-state index in [0.717, 1.165) is 30.2 Å². The first-order valence-electron chi connectivity index (χ1n) is 6.62. The molecule has 0 N–H and O–H groups in total. The minimum Gasteiger partial charge on any atom is -0.349 e. The van der Waals surface area contributed by atoms with Crippen LogP contribution in [0.25, 0.3) is 4.96 Å². The Kier molecular flexibility index (Phi) is 4.19. The number of aryl methyl sites for hydroxylation is 1. The second kappa shape index (κ2) is 5.69. The molecule has 6 heteroatoms. The predicted molar refractivity (Wildman–Crippen MR) is 79.2 cm³/mol. The molecule has 19 heavy (non-hydrogen) atoms. The van der Waals surface area contributed by atoms with Crippen molar-refractivity contribution in [2.24, 2.45) is 5.92 Å². The zero-order valence-corrected chi connectivity index (χ0v) is 12.7. The highest BCUT2D eigenvalue weighted by molar-refractivity contribution is 7.20. The monoisotopic (exact) mass is 280 g/mol. The molecule has 5 nitrogen and oxygen atoms in total. The number of rotatable bonds is 5. The highest BCUT2D eigenvalue weighted by Crippen LogP contribution is 2.21. The van der Waals surface area contributed by atoms with E-state index in [9.17, 15) is 4.79 Å². The number of aromatic nitrogens is 3. The van der Waals surface area contributed by atoms with Crippen molar-refractivity contribution < 1.29 is 0 Å². The summed E-state index contributed by atoms with van der Waals surface area (Å²) in [6, 6.07) is 1.59. The first-order chi connectivity index (χ1) is 9.01. The molecule has 0 fully saturated rings. The molecule has 2 rings (SSSR count). The molecule has 0 aliphatic rings. The molecule has 0 unspecified atom stereocenters. The van der Waals surface area contributed by atoms with E-state index in [-0.39, 0.29) is 5.56 Å². The first-order valence-corrected chi connectivity index (χ1v) is 7.43. The highest BCUT2D eigenvalue weighted by Gasteiger charge is 2.12. The van der Waals surface area contributed by atoms with Gasteiger partial charge in [0.05, 0.1) is 0 Å². The lowest BCUT2D eigenvalue weighted by molar-refractivity contribution is 0.634. The van der Waals surface area contributed by atoms with Crippen molar-refractivity contribution in [1.82, 2.24) is 14.6 Å². The Balaban J connectivity index is 2.39. The molecular formula is C13H20N4OS. The number of hydrogen-bond donors (Lipinski definition) is 0. The largest absolute Gasteiger partial charge is 0.349 e. The zero-order valence-electron chi connectivity index (χ0n) is 11.9. The second-order valence-corrected chi connectivity index (χ2v) is 6.12. The molecular weight excluding hydrogens is 260 g/mol. The van der Waals surface area contributed by atoms with E-state index in [4.69, 9.17) is 0 Å². The minimum absolute atomic E-state index is 0.0890. The molecule has 0 amide bonds. The molecule has 0 aliphatic heterocycles. The van der Waals surface area contributed by atoms with Crippen LogP contribution in [0, 0.1) is 5.92 Å². The van der Waals surface area contributed by atoms with Crippen molar-refractivity contribution in [3.05, 3.63) is 22.1 Å². The van der Waals surface area contributed by atoms with Gasteiger partial charge in [0.2, 0.25) is 10.1 Å². The molecule has 2 aromatic heterocycles. The van der Waals surface area contributed by atoms with Crippen molar-refractivity contribution in [3.8, 4) is 0 Å². The van der Waals surface area contributed by atoms with E-state index in [2.05, 4.69) is 35.8 Å². The third-order valence-electron chi connectivity index (χ3n) is 2.76. The first kappa shape index (κ1) is 14.0. The van der Waals surface area contributed by atoms with Gasteiger partial charge in [-0.3, -0.25) is 4.79 Å². The Hall–Kier alpha value is -1.43. The molecule has 0 spiro atoms. The topological polar surface area (TPSA) is 50.5 Å². The van der Waals surface area contributed by atoms with Crippen LogP contribution in [0.1, 0.15) is 32.9 Å². The average molecular weight is 280 g/mol. The number of fused-ring (bicyclic) bond motifs is 1. The summed E-state index contributed by atoms with van der Waals surface area (Å²) in [6.07, 6.45) is 1.82. The molecule has 104 valence electrons. The fourth-order valence-corrected chi connectivity index (χ4v) is 2.91. The Morgan fingerprint density at radius 3 is 2.84 bits per heavy atom. The molecule has 2 aromatic rings. The van der Waals surface area contributed by atoms with Crippen molar-refractivity contribution >= 4 is 21.4 Å². The molecule has 0 saturated carbocycles. The molecule has 0 atom stereocenters. The van der Waals surface area contributed by atoms with Gasteiger partial charge in [-0.15, -0.1) is 5.10 Å². The fraction of sp³-hybridized carbons (Fsp3) is 0.615. The van der Waals surface area contributed by atoms with Crippen LogP contribution >= 0.6 is 11.3 Å². The van der Waals surface area contributed by atoms with Gasteiger partial charge >= 0.3 is 0 Å². The van der Waals surface area contributed by atoms with E-state index in [1.165, 1.54) is 15.9 Å². The fourth-order valence-electron chi connectivity index (χ4n) is 2.01. The van der Waals surface area contributed by atoms with Crippen molar-refractivity contribution in [2.75, 3.05) is 18.5 Å². The summed E-state index contributed by atoms with van der Waals surface area (Å²) in [5.74, 6) is 0.553. The lowest BCUT2D eigenvalue weighted by atomic mass is 10.2. The van der Waals surface area contributed by atoms with Crippen molar-refractivity contribution in [1.29, 1.82) is 0 Å². The summed E-state index contributed by atoms with van der Waals surface area (Å²) < 4.78 is 1.40. The van der Waals surface area contributed by atoms with Crippen LogP contribution in [0.3, 0.4) is 0 Å². The van der Waals surface area contributed by atoms with Gasteiger partial charge in [-0.25, -0.2) is 4.98 Å². The van der Waals surface area contributed by atoms with E-state index < -0.39 is 0 Å². The van der Waals surface area contributed by atoms with Crippen LogP contribution in [0.15, 0.2) is 10.9 Å². The van der Waals surface area contributed by atoms with Gasteiger partial charge < -0.3 is 4.90 Å². The van der Waals surface area contributed by atoms with Gasteiger partial charge in [0.1, 0.15) is 0 Å². The third kappa shape index (κ3) is 3.12. The quantitative estimate of drug-likeness (QED) is 0.842. The Morgan fingerprint density at radius 2 is 2.21 bits per heavy atom. The summed E-state index contributed by atoms with van der Waals surface area (Å²) in [7, 11) is 2.00. The van der Waals surface area contributed by atoms with Gasteiger partial charge in [0.15, 0.2) is 0 Å². The van der Waals surface area contributed by atoms with E-state index in [0.29, 0.717) is 10.9 Å². The van der Waals surface area contributed by atoms with Gasteiger partial charge in [0.25, 0.3) is 5.56 Å². The SMILES string of the molecule is CCCc1cc(=O)n2nc(N(C)CC(C)C)sc2n1. The number of nitrogens with zero attached hydrogens (tertiary/aromatic N) is 4. The Labute approximate surface area is 116 Å². The van der Waals surface area contributed by atoms with Crippen molar-refractivity contribution in [3.63, 3.8) is 0 Å². The van der Waals surface area contributed by atoms with Gasteiger partial charge in [-0.05, 0) is 12.3 Å². The van der Waals surface area contributed by atoms with Gasteiger partial charge in [0, 0.05) is 25.4 Å². The molecule has 0 radical (unpaired) electrons. The molecule has 0 aromatic carbocycles. The lowest BCUT2D eigenvalue weighted by Gasteiger charge is -2.16. The molecule has 2 heterocycles. The normalized spacial score (nSPS) is 11.4. The number of hydrogen-bond acceptors (Lipinski definition) is 5.